The van der Waals surface area contributed by atoms with Gasteiger partial charge in [-0.1, -0.05) is 38.2 Å². The number of rotatable bonds is 8. The van der Waals surface area contributed by atoms with Crippen molar-refractivity contribution in [1.29, 1.82) is 0 Å². The summed E-state index contributed by atoms with van der Waals surface area (Å²) in [4.78, 5) is 28.7. The van der Waals surface area contributed by atoms with E-state index in [1.54, 1.807) is 6.08 Å². The van der Waals surface area contributed by atoms with Crippen LogP contribution in [0.2, 0.25) is 0 Å². The summed E-state index contributed by atoms with van der Waals surface area (Å²) in [7, 11) is 0. The highest BCUT2D eigenvalue weighted by Gasteiger charge is 2.72. The predicted molar refractivity (Wildman–Crippen MR) is 191 cm³/mol. The number of carbonyl (C=O) groups is 2. The molecule has 7 unspecified atom stereocenters. The van der Waals surface area contributed by atoms with Crippen molar-refractivity contribution in [3.8, 4) is 0 Å². The number of allylic oxidation sites excluding steroid dienone is 4. The molecular weight excluding hydrogens is 680 g/mol. The molecule has 2 heterocycles. The van der Waals surface area contributed by atoms with Crippen LogP contribution in [0.5, 0.6) is 0 Å². The normalized spacial score (nSPS) is 48.4. The predicted octanol–water partition coefficient (Wildman–Crippen LogP) is 1.51. The first-order valence-corrected chi connectivity index (χ1v) is 20.9. The third-order valence-electron chi connectivity index (χ3n) is 15.8. The number of ketones is 2. The van der Waals surface area contributed by atoms with Gasteiger partial charge in [0.2, 0.25) is 0 Å². The lowest BCUT2D eigenvalue weighted by Gasteiger charge is -2.64. The smallest absolute Gasteiger partial charge is 0.187 e. The van der Waals surface area contributed by atoms with Gasteiger partial charge in [-0.15, -0.1) is 0 Å². The molecule has 2 bridgehead atoms. The number of carbonyl (C=O) groups excluding carboxylic acids is 2. The van der Waals surface area contributed by atoms with E-state index in [1.807, 2.05) is 6.08 Å². The minimum Gasteiger partial charge on any atom is -0.512 e. The van der Waals surface area contributed by atoms with Gasteiger partial charge in [0, 0.05) is 25.4 Å². The molecule has 0 spiro atoms. The molecule has 8 aliphatic rings. The average Bonchev–Trinajstić information content (AvgIpc) is 3.65. The highest BCUT2D eigenvalue weighted by atomic mass is 16.7. The highest BCUT2D eigenvalue weighted by Crippen LogP contribution is 2.63. The summed E-state index contributed by atoms with van der Waals surface area (Å²) in [6, 6.07) is 0. The lowest BCUT2D eigenvalue weighted by molar-refractivity contribution is -0.700. The van der Waals surface area contributed by atoms with Crippen LogP contribution in [-0.4, -0.2) is 104 Å². The van der Waals surface area contributed by atoms with E-state index in [0.29, 0.717) is 38.0 Å². The number of aliphatic hydroxyl groups is 6. The second kappa shape index (κ2) is 14.6. The number of hydrogen-bond donors (Lipinski definition) is 8. The maximum atomic E-state index is 14.4. The Morgan fingerprint density at radius 1 is 0.925 bits per heavy atom. The van der Waals surface area contributed by atoms with Gasteiger partial charge in [0.25, 0.3) is 0 Å². The zero-order valence-electron chi connectivity index (χ0n) is 31.1. The Labute approximate surface area is 312 Å². The highest BCUT2D eigenvalue weighted by molar-refractivity contribution is 6.02. The standard InChI is InChI=1S/C41H62N2O10/c42-31-19-25(10-14-43-31)39(11-1-2-12-39)30-9-13-40(21-45)38(50)41(30,51)36(49)37(53-40)52-29-8-4-7-26-33(29)35(48)32-27(34(26)47)17-24(18-28(32)46)16-22-5-3-6-23(15-22)20-44/h17-18,22-23,25-27,29-33,36-38,43-46,49-51H,1-16,19-21,42H2/p+1/t22?,23?,25?,26?,27-,29?,30+,31?,32+,33?,36+,37+,38-,40-,41+/m1/s1. The van der Waals surface area contributed by atoms with Crippen LogP contribution in [0.3, 0.4) is 0 Å². The Bertz CT molecular complexity index is 1460. The van der Waals surface area contributed by atoms with Gasteiger partial charge in [0.15, 0.2) is 12.1 Å². The minimum absolute atomic E-state index is 0.0479. The number of fused-ring (bicyclic) bond motifs is 4. The van der Waals surface area contributed by atoms with Gasteiger partial charge in [0.05, 0.1) is 37.0 Å². The Hall–Kier alpha value is -1.74. The van der Waals surface area contributed by atoms with Gasteiger partial charge >= 0.3 is 0 Å². The van der Waals surface area contributed by atoms with E-state index >= 15 is 0 Å². The number of ether oxygens (including phenoxy) is 2. The molecule has 5 saturated carbocycles. The lowest BCUT2D eigenvalue weighted by atomic mass is 9.50. The summed E-state index contributed by atoms with van der Waals surface area (Å²) >= 11 is 0. The molecule has 10 N–H and O–H groups in total. The van der Waals surface area contributed by atoms with Crippen LogP contribution in [0.15, 0.2) is 23.5 Å². The summed E-state index contributed by atoms with van der Waals surface area (Å²) in [6.07, 6.45) is 10.3. The molecule has 2 aliphatic heterocycles. The summed E-state index contributed by atoms with van der Waals surface area (Å²) in [6.45, 7) is 0.463. The van der Waals surface area contributed by atoms with Crippen LogP contribution in [0, 0.1) is 52.8 Å². The number of Topliss-reactive ketones (excluding diaryl/α,β-unsaturated/α-hetero) is 2. The molecule has 8 rings (SSSR count). The summed E-state index contributed by atoms with van der Waals surface area (Å²) in [5.41, 5.74) is 3.34. The van der Waals surface area contributed by atoms with Gasteiger partial charge < -0.3 is 45.4 Å². The molecular formula is C41H63N2O10+. The number of hydrogen-bond acceptors (Lipinski definition) is 11. The van der Waals surface area contributed by atoms with Crippen LogP contribution in [-0.2, 0) is 19.1 Å². The van der Waals surface area contributed by atoms with Crippen molar-refractivity contribution in [3.63, 3.8) is 0 Å². The number of quaternary nitrogens is 1. The van der Waals surface area contributed by atoms with Crippen molar-refractivity contribution >= 4 is 11.6 Å². The SMILES string of the molecule is NC1CC(C2([C@@H]3CC[C@]4(CO)O[C@H](OC5CCCC6C(=O)[C@@H]7C=C(CC8CCCC(CO)C8)C=C(O)[C@H]7C(=O)C56)[C@H](O)[C@]3(O)[C@@H]4O)CCCC2)CC[NH2+]1. The summed E-state index contributed by atoms with van der Waals surface area (Å²) in [5, 5.41) is 70.9. The van der Waals surface area contributed by atoms with E-state index in [4.69, 9.17) is 15.2 Å². The van der Waals surface area contributed by atoms with Crippen molar-refractivity contribution in [2.24, 2.45) is 58.5 Å². The first kappa shape index (κ1) is 38.1. The topological polar surface area (TPSA) is 217 Å². The first-order valence-electron chi connectivity index (χ1n) is 20.9. The lowest BCUT2D eigenvalue weighted by Crippen LogP contribution is -2.95. The van der Waals surface area contributed by atoms with Crippen molar-refractivity contribution in [3.05, 3.63) is 23.5 Å². The van der Waals surface area contributed by atoms with Gasteiger partial charge in [-0.25, -0.2) is 0 Å². The van der Waals surface area contributed by atoms with Crippen molar-refractivity contribution in [1.82, 2.24) is 0 Å². The molecule has 0 aromatic carbocycles. The third kappa shape index (κ3) is 6.21. The first-order chi connectivity index (χ1) is 25.5. The molecule has 0 amide bonds. The van der Waals surface area contributed by atoms with Crippen molar-refractivity contribution < 1.29 is 55.0 Å². The second-order valence-electron chi connectivity index (χ2n) is 18.5. The Morgan fingerprint density at radius 3 is 2.42 bits per heavy atom. The van der Waals surface area contributed by atoms with Crippen LogP contribution in [0.25, 0.3) is 0 Å². The zero-order valence-corrected chi connectivity index (χ0v) is 31.1. The van der Waals surface area contributed by atoms with Crippen LogP contribution < -0.4 is 11.1 Å². The molecule has 53 heavy (non-hydrogen) atoms. The number of nitrogens with two attached hydrogens (primary N) is 2. The third-order valence-corrected chi connectivity index (χ3v) is 15.8. The Kier molecular flexibility index (Phi) is 10.5. The van der Waals surface area contributed by atoms with Crippen LogP contribution in [0.4, 0.5) is 0 Å². The van der Waals surface area contributed by atoms with Gasteiger partial charge in [-0.2, -0.15) is 0 Å². The molecule has 0 aromatic rings. The maximum Gasteiger partial charge on any atom is 0.187 e. The second-order valence-corrected chi connectivity index (χ2v) is 18.5. The quantitative estimate of drug-likeness (QED) is 0.178. The fraction of sp³-hybridized carbons (Fsp3) is 0.854. The average molecular weight is 744 g/mol. The van der Waals surface area contributed by atoms with E-state index in [1.165, 1.54) is 0 Å². The minimum atomic E-state index is -2.05. The zero-order chi connectivity index (χ0) is 37.3. The molecule has 7 fully saturated rings. The molecule has 2 saturated heterocycles. The summed E-state index contributed by atoms with van der Waals surface area (Å²) in [5.74, 6) is -3.36. The van der Waals surface area contributed by atoms with Gasteiger partial charge in [-0.05, 0) is 98.5 Å². The van der Waals surface area contributed by atoms with Gasteiger partial charge in [0.1, 0.15) is 41.1 Å². The van der Waals surface area contributed by atoms with Crippen molar-refractivity contribution in [2.45, 2.75) is 145 Å². The van der Waals surface area contributed by atoms with E-state index in [9.17, 15) is 40.2 Å². The molecule has 15 atom stereocenters. The number of aliphatic hydroxyl groups excluding tert-OH is 5. The Balaban J connectivity index is 1.05. The fourth-order valence-electron chi connectivity index (χ4n) is 13.3. The van der Waals surface area contributed by atoms with Crippen LogP contribution >= 0.6 is 0 Å². The van der Waals surface area contributed by atoms with E-state index in [2.05, 4.69) is 5.32 Å². The molecule has 296 valence electrons. The number of piperidine rings is 1. The maximum absolute atomic E-state index is 14.4. The van der Waals surface area contributed by atoms with E-state index in [0.717, 1.165) is 76.3 Å². The van der Waals surface area contributed by atoms with E-state index < -0.39 is 72.0 Å². The van der Waals surface area contributed by atoms with Crippen LogP contribution in [0.1, 0.15) is 103 Å². The van der Waals surface area contributed by atoms with Crippen molar-refractivity contribution in [2.75, 3.05) is 19.8 Å². The summed E-state index contributed by atoms with van der Waals surface area (Å²) < 4.78 is 12.9. The fourth-order valence-corrected chi connectivity index (χ4v) is 13.3. The monoisotopic (exact) mass is 743 g/mol. The molecule has 0 radical (unpaired) electrons. The largest absolute Gasteiger partial charge is 0.512 e. The Morgan fingerprint density at radius 2 is 1.68 bits per heavy atom. The van der Waals surface area contributed by atoms with E-state index in [-0.39, 0.29) is 53.8 Å². The molecule has 0 aromatic heterocycles. The molecule has 12 nitrogen and oxygen atoms in total. The molecule has 6 aliphatic carbocycles. The molecule has 12 heteroatoms. The van der Waals surface area contributed by atoms with Gasteiger partial charge in [-0.3, -0.25) is 15.3 Å².